The Bertz CT molecular complexity index is 318. The van der Waals surface area contributed by atoms with E-state index in [1.807, 2.05) is 0 Å². The Hall–Kier alpha value is -0.980. The number of aromatic nitrogens is 1. The van der Waals surface area contributed by atoms with Gasteiger partial charge < -0.3 is 4.57 Å². The molecule has 64 valence electrons. The minimum atomic E-state index is 1.16. The summed E-state index contributed by atoms with van der Waals surface area (Å²) in [4.78, 5) is 0. The highest BCUT2D eigenvalue weighted by molar-refractivity contribution is 5.56. The SMILES string of the molecule is CCc1cn(C)c2c1CCC=C2. The van der Waals surface area contributed by atoms with E-state index in [2.05, 4.69) is 36.9 Å². The van der Waals surface area contributed by atoms with Crippen molar-refractivity contribution in [2.45, 2.75) is 26.2 Å². The summed E-state index contributed by atoms with van der Waals surface area (Å²) in [6.45, 7) is 2.23. The smallest absolute Gasteiger partial charge is 0.0436 e. The zero-order valence-corrected chi connectivity index (χ0v) is 7.80. The molecule has 0 saturated carbocycles. The van der Waals surface area contributed by atoms with Gasteiger partial charge in [0.05, 0.1) is 0 Å². The van der Waals surface area contributed by atoms with Gasteiger partial charge in [0.25, 0.3) is 0 Å². The van der Waals surface area contributed by atoms with Gasteiger partial charge in [0.1, 0.15) is 0 Å². The standard InChI is InChI=1S/C11H15N/c1-3-9-8-12(2)11-7-5-4-6-10(9)11/h5,7-8H,3-4,6H2,1-2H3. The molecule has 12 heavy (non-hydrogen) atoms. The van der Waals surface area contributed by atoms with E-state index in [0.717, 1.165) is 6.42 Å². The molecule has 0 bridgehead atoms. The van der Waals surface area contributed by atoms with Crippen LogP contribution in [0.25, 0.3) is 6.08 Å². The van der Waals surface area contributed by atoms with E-state index in [0.29, 0.717) is 0 Å². The van der Waals surface area contributed by atoms with Crippen LogP contribution in [0.3, 0.4) is 0 Å². The normalized spacial score (nSPS) is 14.8. The first-order valence-electron chi connectivity index (χ1n) is 4.66. The Balaban J connectivity index is 2.56. The summed E-state index contributed by atoms with van der Waals surface area (Å²) < 4.78 is 2.24. The summed E-state index contributed by atoms with van der Waals surface area (Å²) in [5, 5.41) is 0. The van der Waals surface area contributed by atoms with Crippen molar-refractivity contribution in [1.82, 2.24) is 4.57 Å². The van der Waals surface area contributed by atoms with Crippen molar-refractivity contribution in [2.75, 3.05) is 0 Å². The molecule has 2 rings (SSSR count). The summed E-state index contributed by atoms with van der Waals surface area (Å²) in [6.07, 6.45) is 10.4. The fourth-order valence-corrected chi connectivity index (χ4v) is 1.99. The molecule has 0 saturated heterocycles. The van der Waals surface area contributed by atoms with Gasteiger partial charge in [-0.1, -0.05) is 13.0 Å². The number of hydrogen-bond donors (Lipinski definition) is 0. The molecule has 0 N–H and O–H groups in total. The van der Waals surface area contributed by atoms with Gasteiger partial charge in [-0.3, -0.25) is 0 Å². The summed E-state index contributed by atoms with van der Waals surface area (Å²) in [5.41, 5.74) is 4.51. The van der Waals surface area contributed by atoms with Crippen molar-refractivity contribution in [1.29, 1.82) is 0 Å². The van der Waals surface area contributed by atoms with Gasteiger partial charge in [-0.25, -0.2) is 0 Å². The minimum Gasteiger partial charge on any atom is -0.351 e. The molecule has 1 aromatic rings. The van der Waals surface area contributed by atoms with Gasteiger partial charge in [0.15, 0.2) is 0 Å². The fourth-order valence-electron chi connectivity index (χ4n) is 1.99. The molecule has 0 fully saturated rings. The predicted molar refractivity (Wildman–Crippen MR) is 52.1 cm³/mol. The number of fused-ring (bicyclic) bond motifs is 1. The van der Waals surface area contributed by atoms with Gasteiger partial charge in [0.2, 0.25) is 0 Å². The van der Waals surface area contributed by atoms with Gasteiger partial charge in [-0.05, 0) is 36.5 Å². The zero-order valence-electron chi connectivity index (χ0n) is 7.80. The molecule has 0 radical (unpaired) electrons. The molecule has 0 amide bonds. The predicted octanol–water partition coefficient (Wildman–Crippen LogP) is 2.55. The summed E-state index contributed by atoms with van der Waals surface area (Å²) in [7, 11) is 2.13. The highest BCUT2D eigenvalue weighted by Crippen LogP contribution is 2.24. The molecular formula is C11H15N. The van der Waals surface area contributed by atoms with Crippen LogP contribution in [0.5, 0.6) is 0 Å². The van der Waals surface area contributed by atoms with E-state index < -0.39 is 0 Å². The van der Waals surface area contributed by atoms with Crippen LogP contribution in [-0.2, 0) is 19.9 Å². The first-order valence-corrected chi connectivity index (χ1v) is 4.66. The lowest BCUT2D eigenvalue weighted by Crippen LogP contribution is -1.97. The molecule has 1 heteroatoms. The molecule has 0 spiro atoms. The van der Waals surface area contributed by atoms with Crippen molar-refractivity contribution < 1.29 is 0 Å². The molecule has 0 aromatic carbocycles. The monoisotopic (exact) mass is 161 g/mol. The third-order valence-electron chi connectivity index (χ3n) is 2.64. The van der Waals surface area contributed by atoms with Crippen LogP contribution < -0.4 is 0 Å². The zero-order chi connectivity index (χ0) is 8.55. The molecule has 1 nitrogen and oxygen atoms in total. The number of rotatable bonds is 1. The Labute approximate surface area is 73.7 Å². The third-order valence-corrected chi connectivity index (χ3v) is 2.64. The maximum atomic E-state index is 2.27. The second-order valence-corrected chi connectivity index (χ2v) is 3.42. The van der Waals surface area contributed by atoms with Gasteiger partial charge >= 0.3 is 0 Å². The number of aryl methyl sites for hydroxylation is 2. The lowest BCUT2D eigenvalue weighted by molar-refractivity contribution is 0.885. The average Bonchev–Trinajstić information content (AvgIpc) is 2.44. The van der Waals surface area contributed by atoms with E-state index in [9.17, 15) is 0 Å². The Kier molecular flexibility index (Phi) is 1.80. The van der Waals surface area contributed by atoms with Crippen LogP contribution in [-0.4, -0.2) is 4.57 Å². The van der Waals surface area contributed by atoms with Gasteiger partial charge in [-0.15, -0.1) is 0 Å². The third kappa shape index (κ3) is 1.01. The van der Waals surface area contributed by atoms with E-state index in [4.69, 9.17) is 0 Å². The second-order valence-electron chi connectivity index (χ2n) is 3.42. The first kappa shape index (κ1) is 7.66. The molecule has 1 aliphatic carbocycles. The highest BCUT2D eigenvalue weighted by Gasteiger charge is 2.12. The molecule has 0 unspecified atom stereocenters. The highest BCUT2D eigenvalue weighted by atomic mass is 14.9. The van der Waals surface area contributed by atoms with Crippen molar-refractivity contribution in [2.24, 2.45) is 7.05 Å². The van der Waals surface area contributed by atoms with Crippen LogP contribution in [0.15, 0.2) is 12.3 Å². The maximum absolute atomic E-state index is 2.27. The summed E-state index contributed by atoms with van der Waals surface area (Å²) in [6, 6.07) is 0. The van der Waals surface area contributed by atoms with Crippen LogP contribution >= 0.6 is 0 Å². The Morgan fingerprint density at radius 2 is 2.33 bits per heavy atom. The molecule has 1 aliphatic rings. The lowest BCUT2D eigenvalue weighted by atomic mass is 9.99. The Morgan fingerprint density at radius 1 is 1.50 bits per heavy atom. The van der Waals surface area contributed by atoms with E-state index in [1.54, 1.807) is 5.56 Å². The van der Waals surface area contributed by atoms with Gasteiger partial charge in [0, 0.05) is 18.9 Å². The topological polar surface area (TPSA) is 4.93 Å². The lowest BCUT2D eigenvalue weighted by Gasteiger charge is -2.07. The molecule has 1 heterocycles. The van der Waals surface area contributed by atoms with E-state index in [1.165, 1.54) is 24.1 Å². The van der Waals surface area contributed by atoms with Crippen LogP contribution in [0.4, 0.5) is 0 Å². The Morgan fingerprint density at radius 3 is 3.08 bits per heavy atom. The largest absolute Gasteiger partial charge is 0.351 e. The fraction of sp³-hybridized carbons (Fsp3) is 0.455. The number of nitrogens with zero attached hydrogens (tertiary/aromatic N) is 1. The van der Waals surface area contributed by atoms with Crippen molar-refractivity contribution in [3.63, 3.8) is 0 Å². The van der Waals surface area contributed by atoms with Crippen molar-refractivity contribution in [3.8, 4) is 0 Å². The number of allylic oxidation sites excluding steroid dienone is 1. The molecule has 1 aromatic heterocycles. The summed E-state index contributed by atoms with van der Waals surface area (Å²) >= 11 is 0. The first-order chi connectivity index (χ1) is 5.83. The molecule has 0 atom stereocenters. The van der Waals surface area contributed by atoms with Crippen molar-refractivity contribution >= 4 is 6.08 Å². The summed E-state index contributed by atoms with van der Waals surface area (Å²) in [5.74, 6) is 0. The average molecular weight is 161 g/mol. The van der Waals surface area contributed by atoms with E-state index >= 15 is 0 Å². The second kappa shape index (κ2) is 2.81. The minimum absolute atomic E-state index is 1.16. The van der Waals surface area contributed by atoms with E-state index in [-0.39, 0.29) is 0 Å². The quantitative estimate of drug-likeness (QED) is 0.596. The molecular weight excluding hydrogens is 146 g/mol. The number of hydrogen-bond acceptors (Lipinski definition) is 0. The van der Waals surface area contributed by atoms with Crippen molar-refractivity contribution in [3.05, 3.63) is 29.1 Å². The van der Waals surface area contributed by atoms with Crippen LogP contribution in [0.2, 0.25) is 0 Å². The van der Waals surface area contributed by atoms with Crippen LogP contribution in [0, 0.1) is 0 Å². The molecule has 0 aliphatic heterocycles. The maximum Gasteiger partial charge on any atom is 0.0436 e. The van der Waals surface area contributed by atoms with Gasteiger partial charge in [-0.2, -0.15) is 0 Å². The van der Waals surface area contributed by atoms with Crippen LogP contribution in [0.1, 0.15) is 30.2 Å².